The van der Waals surface area contributed by atoms with Crippen molar-refractivity contribution >= 4 is 0 Å². The molecule has 0 amide bonds. The Labute approximate surface area is 113 Å². The minimum Gasteiger partial charge on any atom is -0.311 e. The molecule has 2 heterocycles. The van der Waals surface area contributed by atoms with Crippen molar-refractivity contribution in [3.8, 4) is 0 Å². The first-order chi connectivity index (χ1) is 9.22. The van der Waals surface area contributed by atoms with Gasteiger partial charge in [0.15, 0.2) is 0 Å². The van der Waals surface area contributed by atoms with Gasteiger partial charge in [-0.1, -0.05) is 19.1 Å². The third kappa shape index (κ3) is 3.64. The highest BCUT2D eigenvalue weighted by atomic mass is 15.4. The topological polar surface area (TPSA) is 60.6 Å². The predicted molar refractivity (Wildman–Crippen MR) is 73.7 cm³/mol. The van der Waals surface area contributed by atoms with E-state index in [0.717, 1.165) is 43.0 Å². The van der Waals surface area contributed by atoms with Crippen LogP contribution in [0.2, 0.25) is 0 Å². The molecule has 1 N–H and O–H groups in total. The van der Waals surface area contributed by atoms with Gasteiger partial charge in [0.05, 0.1) is 29.8 Å². The monoisotopic (exact) mass is 262 g/mol. The van der Waals surface area contributed by atoms with Gasteiger partial charge in [0, 0.05) is 13.6 Å². The highest BCUT2D eigenvalue weighted by molar-refractivity contribution is 5.10. The number of nitrogens with zero attached hydrogens (tertiary/aromatic N) is 5. The highest BCUT2D eigenvalue weighted by Gasteiger charge is 2.06. The lowest BCUT2D eigenvalue weighted by Gasteiger charge is -2.00. The summed E-state index contributed by atoms with van der Waals surface area (Å²) in [5.41, 5.74) is 3.24. The summed E-state index contributed by atoms with van der Waals surface area (Å²) >= 11 is 0. The van der Waals surface area contributed by atoms with E-state index in [-0.39, 0.29) is 0 Å². The molecule has 0 unspecified atom stereocenters. The second-order valence-corrected chi connectivity index (χ2v) is 4.69. The SMILES string of the molecule is CCCNCc1cn(Cc2cc(CC)nn2C)nn1. The van der Waals surface area contributed by atoms with Crippen LogP contribution in [0.4, 0.5) is 0 Å². The first kappa shape index (κ1) is 13.7. The summed E-state index contributed by atoms with van der Waals surface area (Å²) in [4.78, 5) is 0. The lowest BCUT2D eigenvalue weighted by molar-refractivity contribution is 0.598. The average molecular weight is 262 g/mol. The van der Waals surface area contributed by atoms with Crippen LogP contribution in [0.1, 0.15) is 37.4 Å². The third-order valence-corrected chi connectivity index (χ3v) is 3.03. The first-order valence-corrected chi connectivity index (χ1v) is 6.84. The molecule has 0 fully saturated rings. The fourth-order valence-corrected chi connectivity index (χ4v) is 1.95. The number of hydrogen-bond acceptors (Lipinski definition) is 4. The quantitative estimate of drug-likeness (QED) is 0.760. The molecule has 2 aromatic rings. The second kappa shape index (κ2) is 6.47. The Morgan fingerprint density at radius 1 is 1.26 bits per heavy atom. The van der Waals surface area contributed by atoms with Gasteiger partial charge in [0.1, 0.15) is 0 Å². The molecule has 0 saturated heterocycles. The van der Waals surface area contributed by atoms with E-state index in [1.54, 1.807) is 0 Å². The van der Waals surface area contributed by atoms with E-state index in [4.69, 9.17) is 0 Å². The molecule has 0 bridgehead atoms. The van der Waals surface area contributed by atoms with Gasteiger partial charge < -0.3 is 5.32 Å². The molecule has 0 saturated carbocycles. The van der Waals surface area contributed by atoms with Crippen molar-refractivity contribution < 1.29 is 0 Å². The molecule has 0 aliphatic heterocycles. The zero-order chi connectivity index (χ0) is 13.7. The van der Waals surface area contributed by atoms with Gasteiger partial charge in [-0.15, -0.1) is 5.10 Å². The molecule has 2 rings (SSSR count). The van der Waals surface area contributed by atoms with Gasteiger partial charge in [-0.05, 0) is 25.5 Å². The molecule has 6 heteroatoms. The van der Waals surface area contributed by atoms with Crippen molar-refractivity contribution in [2.45, 2.75) is 39.8 Å². The largest absolute Gasteiger partial charge is 0.311 e. The minimum absolute atomic E-state index is 0.713. The van der Waals surface area contributed by atoms with E-state index >= 15 is 0 Å². The molecule has 6 nitrogen and oxygen atoms in total. The highest BCUT2D eigenvalue weighted by Crippen LogP contribution is 2.06. The number of rotatable bonds is 7. The molecular formula is C13H22N6. The number of nitrogens with one attached hydrogen (secondary N) is 1. The first-order valence-electron chi connectivity index (χ1n) is 6.84. The van der Waals surface area contributed by atoms with E-state index in [1.807, 2.05) is 22.6 Å². The van der Waals surface area contributed by atoms with Gasteiger partial charge in [-0.3, -0.25) is 4.68 Å². The third-order valence-electron chi connectivity index (χ3n) is 3.03. The van der Waals surface area contributed by atoms with Crippen LogP contribution in [0.15, 0.2) is 12.3 Å². The second-order valence-electron chi connectivity index (χ2n) is 4.69. The molecular weight excluding hydrogens is 240 g/mol. The fourth-order valence-electron chi connectivity index (χ4n) is 1.95. The van der Waals surface area contributed by atoms with E-state index in [2.05, 4.69) is 40.6 Å². The summed E-state index contributed by atoms with van der Waals surface area (Å²) < 4.78 is 3.77. The summed E-state index contributed by atoms with van der Waals surface area (Å²) in [6, 6.07) is 2.12. The standard InChI is InChI=1S/C13H22N6/c1-4-6-14-8-12-9-19(17-15-12)10-13-7-11(5-2)16-18(13)3/h7,9,14H,4-6,8,10H2,1-3H3. The van der Waals surface area contributed by atoms with Gasteiger partial charge in [0.25, 0.3) is 0 Å². The molecule has 0 radical (unpaired) electrons. The Hall–Kier alpha value is -1.69. The van der Waals surface area contributed by atoms with Crippen LogP contribution >= 0.6 is 0 Å². The van der Waals surface area contributed by atoms with Crippen LogP contribution in [0, 0.1) is 0 Å². The molecule has 0 spiro atoms. The number of hydrogen-bond donors (Lipinski definition) is 1. The van der Waals surface area contributed by atoms with Gasteiger partial charge in [-0.25, -0.2) is 4.68 Å². The Kier molecular flexibility index (Phi) is 4.68. The van der Waals surface area contributed by atoms with Gasteiger partial charge in [-0.2, -0.15) is 5.10 Å². The Bertz CT molecular complexity index is 513. The summed E-state index contributed by atoms with van der Waals surface area (Å²) in [6.07, 6.45) is 4.07. The number of aromatic nitrogens is 5. The van der Waals surface area contributed by atoms with E-state index in [9.17, 15) is 0 Å². The maximum absolute atomic E-state index is 4.44. The minimum atomic E-state index is 0.713. The average Bonchev–Trinajstić information content (AvgIpc) is 2.98. The van der Waals surface area contributed by atoms with Crippen LogP contribution in [-0.2, 0) is 26.6 Å². The summed E-state index contributed by atoms with van der Waals surface area (Å²) in [5.74, 6) is 0. The van der Waals surface area contributed by atoms with Gasteiger partial charge >= 0.3 is 0 Å². The lowest BCUT2D eigenvalue weighted by atomic mass is 10.3. The van der Waals surface area contributed by atoms with E-state index in [1.165, 1.54) is 0 Å². The summed E-state index contributed by atoms with van der Waals surface area (Å²) in [7, 11) is 1.97. The van der Waals surface area contributed by atoms with Crippen molar-refractivity contribution in [2.75, 3.05) is 6.54 Å². The van der Waals surface area contributed by atoms with Crippen molar-refractivity contribution in [1.29, 1.82) is 0 Å². The van der Waals surface area contributed by atoms with Crippen LogP contribution < -0.4 is 5.32 Å². The van der Waals surface area contributed by atoms with Crippen LogP contribution in [0.5, 0.6) is 0 Å². The smallest absolute Gasteiger partial charge is 0.0964 e. The molecule has 0 aliphatic carbocycles. The summed E-state index contributed by atoms with van der Waals surface area (Å²) in [6.45, 7) is 6.76. The van der Waals surface area contributed by atoms with Crippen molar-refractivity contribution in [1.82, 2.24) is 30.1 Å². The van der Waals surface area contributed by atoms with Gasteiger partial charge in [0.2, 0.25) is 0 Å². The maximum atomic E-state index is 4.44. The summed E-state index contributed by atoms with van der Waals surface area (Å²) in [5, 5.41) is 16.1. The molecule has 19 heavy (non-hydrogen) atoms. The normalized spacial score (nSPS) is 11.1. The molecule has 0 aliphatic rings. The zero-order valence-electron chi connectivity index (χ0n) is 11.9. The molecule has 104 valence electrons. The Balaban J connectivity index is 1.97. The number of aryl methyl sites for hydroxylation is 2. The van der Waals surface area contributed by atoms with Crippen molar-refractivity contribution in [3.63, 3.8) is 0 Å². The maximum Gasteiger partial charge on any atom is 0.0964 e. The fraction of sp³-hybridized carbons (Fsp3) is 0.615. The Morgan fingerprint density at radius 3 is 2.79 bits per heavy atom. The predicted octanol–water partition coefficient (Wildman–Crippen LogP) is 1.12. The van der Waals surface area contributed by atoms with Crippen molar-refractivity contribution in [3.05, 3.63) is 29.3 Å². The van der Waals surface area contributed by atoms with E-state index in [0.29, 0.717) is 6.54 Å². The Morgan fingerprint density at radius 2 is 2.11 bits per heavy atom. The molecule has 0 aromatic carbocycles. The van der Waals surface area contributed by atoms with Crippen molar-refractivity contribution in [2.24, 2.45) is 7.05 Å². The lowest BCUT2D eigenvalue weighted by Crippen LogP contribution is -2.13. The van der Waals surface area contributed by atoms with E-state index < -0.39 is 0 Å². The van der Waals surface area contributed by atoms with Crippen LogP contribution in [0.25, 0.3) is 0 Å². The molecule has 0 atom stereocenters. The zero-order valence-corrected chi connectivity index (χ0v) is 11.9. The van der Waals surface area contributed by atoms with Crippen LogP contribution in [0.3, 0.4) is 0 Å². The molecule has 2 aromatic heterocycles. The van der Waals surface area contributed by atoms with Crippen LogP contribution in [-0.4, -0.2) is 31.3 Å².